The van der Waals surface area contributed by atoms with Crippen molar-refractivity contribution in [3.8, 4) is 0 Å². The summed E-state index contributed by atoms with van der Waals surface area (Å²) in [7, 11) is 0. The number of nitrogens with zero attached hydrogens (tertiary/aromatic N) is 2. The fourth-order valence-corrected chi connectivity index (χ4v) is 2.52. The van der Waals surface area contributed by atoms with Crippen LogP contribution < -0.4 is 0 Å². The highest BCUT2D eigenvalue weighted by atomic mass is 19.1. The zero-order chi connectivity index (χ0) is 14.9. The lowest BCUT2D eigenvalue weighted by molar-refractivity contribution is 0.0903. The van der Waals surface area contributed by atoms with Crippen molar-refractivity contribution in [2.24, 2.45) is 0 Å². The molecule has 1 aliphatic carbocycles. The van der Waals surface area contributed by atoms with Crippen molar-refractivity contribution >= 4 is 5.78 Å². The molecule has 3 rings (SSSR count). The first-order valence-electron chi connectivity index (χ1n) is 6.84. The maximum absolute atomic E-state index is 13.4. The Kier molecular flexibility index (Phi) is 3.51. The molecule has 21 heavy (non-hydrogen) atoms. The molecule has 1 aromatic heterocycles. The second-order valence-corrected chi connectivity index (χ2v) is 5.44. The van der Waals surface area contributed by atoms with Gasteiger partial charge in [-0.3, -0.25) is 4.79 Å². The highest BCUT2D eigenvalue weighted by Crippen LogP contribution is 2.50. The van der Waals surface area contributed by atoms with Crippen molar-refractivity contribution in [2.75, 3.05) is 6.61 Å². The second kappa shape index (κ2) is 5.33. The van der Waals surface area contributed by atoms with E-state index in [9.17, 15) is 9.18 Å². The van der Waals surface area contributed by atoms with Crippen LogP contribution in [0.5, 0.6) is 0 Å². The molecule has 0 bridgehead atoms. The number of carbonyl (C=O) groups excluding carboxylic acids is 1. The van der Waals surface area contributed by atoms with Gasteiger partial charge in [-0.05, 0) is 30.5 Å². The third-order valence-electron chi connectivity index (χ3n) is 3.96. The first kappa shape index (κ1) is 13.8. The van der Waals surface area contributed by atoms with E-state index in [4.69, 9.17) is 5.11 Å². The van der Waals surface area contributed by atoms with Gasteiger partial charge >= 0.3 is 0 Å². The molecule has 1 aromatic carbocycles. The number of carbonyl (C=O) groups is 1. The predicted octanol–water partition coefficient (Wildman–Crippen LogP) is 2.06. The number of rotatable bonds is 5. The maximum Gasteiger partial charge on any atom is 0.191 e. The molecular formula is C16H15FN2O2. The SMILES string of the molecule is O=C(CO)c1cnc(CC2(c3cccc(F)c3)CC2)nc1. The summed E-state index contributed by atoms with van der Waals surface area (Å²) in [5.74, 6) is 0.00245. The normalized spacial score (nSPS) is 15.7. The van der Waals surface area contributed by atoms with E-state index in [1.54, 1.807) is 12.1 Å². The second-order valence-electron chi connectivity index (χ2n) is 5.44. The Morgan fingerprint density at radius 1 is 1.29 bits per heavy atom. The monoisotopic (exact) mass is 286 g/mol. The van der Waals surface area contributed by atoms with Gasteiger partial charge in [0.15, 0.2) is 5.78 Å². The van der Waals surface area contributed by atoms with Crippen LogP contribution in [0.25, 0.3) is 0 Å². The largest absolute Gasteiger partial charge is 0.388 e. The van der Waals surface area contributed by atoms with E-state index in [0.717, 1.165) is 18.4 Å². The Balaban J connectivity index is 1.79. The van der Waals surface area contributed by atoms with Crippen molar-refractivity contribution in [1.29, 1.82) is 0 Å². The summed E-state index contributed by atoms with van der Waals surface area (Å²) in [5.41, 5.74) is 1.20. The molecule has 0 amide bonds. The highest BCUT2D eigenvalue weighted by molar-refractivity contribution is 5.96. The number of hydrogen-bond donors (Lipinski definition) is 1. The average Bonchev–Trinajstić information content (AvgIpc) is 3.28. The van der Waals surface area contributed by atoms with Gasteiger partial charge in [-0.1, -0.05) is 12.1 Å². The molecule has 4 nitrogen and oxygen atoms in total. The Morgan fingerprint density at radius 3 is 2.57 bits per heavy atom. The lowest BCUT2D eigenvalue weighted by Gasteiger charge is -2.14. The quantitative estimate of drug-likeness (QED) is 0.855. The lowest BCUT2D eigenvalue weighted by atomic mass is 9.92. The molecule has 0 aliphatic heterocycles. The van der Waals surface area contributed by atoms with E-state index >= 15 is 0 Å². The van der Waals surface area contributed by atoms with Gasteiger partial charge in [-0.25, -0.2) is 14.4 Å². The van der Waals surface area contributed by atoms with Crippen molar-refractivity contribution < 1.29 is 14.3 Å². The summed E-state index contributed by atoms with van der Waals surface area (Å²) in [6, 6.07) is 6.65. The molecule has 2 aromatic rings. The molecule has 1 saturated carbocycles. The molecule has 5 heteroatoms. The molecule has 108 valence electrons. The van der Waals surface area contributed by atoms with Crippen molar-refractivity contribution in [3.63, 3.8) is 0 Å². The summed E-state index contributed by atoms with van der Waals surface area (Å²) in [6.07, 6.45) is 5.46. The summed E-state index contributed by atoms with van der Waals surface area (Å²) in [5, 5.41) is 8.79. The third-order valence-corrected chi connectivity index (χ3v) is 3.96. The van der Waals surface area contributed by atoms with Crippen LogP contribution in [0.4, 0.5) is 4.39 Å². The van der Waals surface area contributed by atoms with E-state index in [-0.39, 0.29) is 11.2 Å². The third kappa shape index (κ3) is 2.83. The molecule has 1 aliphatic rings. The number of ketones is 1. The van der Waals surface area contributed by atoms with Crippen molar-refractivity contribution in [3.05, 3.63) is 59.4 Å². The molecular weight excluding hydrogens is 271 g/mol. The van der Waals surface area contributed by atoms with Crippen LogP contribution in [-0.4, -0.2) is 27.5 Å². The van der Waals surface area contributed by atoms with Crippen LogP contribution in [0.3, 0.4) is 0 Å². The van der Waals surface area contributed by atoms with Gasteiger partial charge in [-0.15, -0.1) is 0 Å². The molecule has 1 fully saturated rings. The van der Waals surface area contributed by atoms with Gasteiger partial charge in [0.05, 0.1) is 5.56 Å². The molecule has 1 N–H and O–H groups in total. The summed E-state index contributed by atoms with van der Waals surface area (Å²) >= 11 is 0. The van der Waals surface area contributed by atoms with Gasteiger partial charge < -0.3 is 5.11 Å². The number of aliphatic hydroxyl groups is 1. The van der Waals surface area contributed by atoms with Crippen LogP contribution in [0.1, 0.15) is 34.6 Å². The number of halogens is 1. The summed E-state index contributed by atoms with van der Waals surface area (Å²) < 4.78 is 13.4. The van der Waals surface area contributed by atoms with Crippen molar-refractivity contribution in [2.45, 2.75) is 24.7 Å². The van der Waals surface area contributed by atoms with E-state index in [1.165, 1.54) is 18.5 Å². The summed E-state index contributed by atoms with van der Waals surface area (Å²) in [4.78, 5) is 19.7. The maximum atomic E-state index is 13.4. The number of Topliss-reactive ketones (excluding diaryl/α,β-unsaturated/α-hetero) is 1. The topological polar surface area (TPSA) is 63.1 Å². The molecule has 0 saturated heterocycles. The minimum Gasteiger partial charge on any atom is -0.388 e. The first-order valence-corrected chi connectivity index (χ1v) is 6.84. The van der Waals surface area contributed by atoms with Crippen LogP contribution in [-0.2, 0) is 11.8 Å². The van der Waals surface area contributed by atoms with E-state index in [0.29, 0.717) is 17.8 Å². The zero-order valence-electron chi connectivity index (χ0n) is 11.4. The fraction of sp³-hybridized carbons (Fsp3) is 0.312. The van der Waals surface area contributed by atoms with Gasteiger partial charge in [0.1, 0.15) is 18.2 Å². The Morgan fingerprint density at radius 2 is 2.00 bits per heavy atom. The molecule has 0 spiro atoms. The van der Waals surface area contributed by atoms with Gasteiger partial charge in [0, 0.05) is 24.2 Å². The lowest BCUT2D eigenvalue weighted by Crippen LogP contribution is -2.14. The highest BCUT2D eigenvalue weighted by Gasteiger charge is 2.45. The predicted molar refractivity (Wildman–Crippen MR) is 74.5 cm³/mol. The zero-order valence-corrected chi connectivity index (χ0v) is 11.4. The van der Waals surface area contributed by atoms with Gasteiger partial charge in [0.25, 0.3) is 0 Å². The fourth-order valence-electron chi connectivity index (χ4n) is 2.52. The Labute approximate surface area is 121 Å². The Hall–Kier alpha value is -2.14. The van der Waals surface area contributed by atoms with Gasteiger partial charge in [-0.2, -0.15) is 0 Å². The average molecular weight is 286 g/mol. The minimum absolute atomic E-state index is 0.0788. The minimum atomic E-state index is -0.546. The Bertz CT molecular complexity index is 666. The van der Waals surface area contributed by atoms with Crippen LogP contribution in [0, 0.1) is 5.82 Å². The molecule has 0 atom stereocenters. The van der Waals surface area contributed by atoms with Crippen LogP contribution in [0.15, 0.2) is 36.7 Å². The van der Waals surface area contributed by atoms with E-state index in [2.05, 4.69) is 9.97 Å². The van der Waals surface area contributed by atoms with E-state index in [1.807, 2.05) is 6.07 Å². The molecule has 1 heterocycles. The first-order chi connectivity index (χ1) is 10.1. The van der Waals surface area contributed by atoms with Crippen molar-refractivity contribution in [1.82, 2.24) is 9.97 Å². The number of benzene rings is 1. The molecule has 0 unspecified atom stereocenters. The molecule has 0 radical (unpaired) electrons. The van der Waals surface area contributed by atoms with Crippen LogP contribution >= 0.6 is 0 Å². The van der Waals surface area contributed by atoms with Crippen LogP contribution in [0.2, 0.25) is 0 Å². The summed E-state index contributed by atoms with van der Waals surface area (Å²) in [6.45, 7) is -0.546. The van der Waals surface area contributed by atoms with Gasteiger partial charge in [0.2, 0.25) is 0 Å². The number of aromatic nitrogens is 2. The van der Waals surface area contributed by atoms with E-state index < -0.39 is 12.4 Å². The standard InChI is InChI=1S/C16H15FN2O2/c17-13-3-1-2-12(6-13)16(4-5-16)7-15-18-8-11(9-19-15)14(21)10-20/h1-3,6,8-9,20H,4-5,7,10H2. The number of aliphatic hydroxyl groups excluding tert-OH is 1. The number of hydrogen-bond acceptors (Lipinski definition) is 4. The smallest absolute Gasteiger partial charge is 0.191 e.